The number of carbonyl (C=O) groups excluding carboxylic acids is 1. The van der Waals surface area contributed by atoms with Crippen molar-refractivity contribution in [1.82, 2.24) is 9.47 Å². The van der Waals surface area contributed by atoms with Gasteiger partial charge in [-0.15, -0.1) is 0 Å². The topological polar surface area (TPSA) is 25.2 Å². The zero-order chi connectivity index (χ0) is 14.4. The van der Waals surface area contributed by atoms with Crippen LogP contribution in [0.5, 0.6) is 0 Å². The molecule has 106 valence electrons. The number of hydrogen-bond donors (Lipinski definition) is 0. The SMILES string of the molecule is CC(C1CC1)N(C)C(=O)c1c(Br)c2ccccc2n1C. The first kappa shape index (κ1) is 13.7. The first-order valence-corrected chi connectivity index (χ1v) is 7.81. The molecule has 1 aliphatic carbocycles. The predicted molar refractivity (Wildman–Crippen MR) is 84.9 cm³/mol. The van der Waals surface area contributed by atoms with Gasteiger partial charge >= 0.3 is 0 Å². The molecule has 1 aromatic heterocycles. The van der Waals surface area contributed by atoms with Crippen LogP contribution in [0.3, 0.4) is 0 Å². The van der Waals surface area contributed by atoms with Crippen LogP contribution < -0.4 is 0 Å². The van der Waals surface area contributed by atoms with Gasteiger partial charge in [0.2, 0.25) is 0 Å². The molecule has 3 nitrogen and oxygen atoms in total. The lowest BCUT2D eigenvalue weighted by Crippen LogP contribution is -2.37. The molecule has 0 radical (unpaired) electrons. The van der Waals surface area contributed by atoms with Crippen molar-refractivity contribution in [3.05, 3.63) is 34.4 Å². The second-order valence-electron chi connectivity index (χ2n) is 5.73. The number of aromatic nitrogens is 1. The average Bonchev–Trinajstić information content (AvgIpc) is 3.26. The quantitative estimate of drug-likeness (QED) is 0.837. The van der Waals surface area contributed by atoms with Gasteiger partial charge in [0.05, 0.1) is 4.47 Å². The number of para-hydroxylation sites is 1. The Labute approximate surface area is 127 Å². The highest BCUT2D eigenvalue weighted by molar-refractivity contribution is 9.10. The van der Waals surface area contributed by atoms with Crippen LogP contribution in [0.2, 0.25) is 0 Å². The molecule has 1 aliphatic rings. The third-order valence-electron chi connectivity index (χ3n) is 4.48. The summed E-state index contributed by atoms with van der Waals surface area (Å²) < 4.78 is 2.88. The van der Waals surface area contributed by atoms with Crippen LogP contribution in [0.25, 0.3) is 10.9 Å². The average molecular weight is 335 g/mol. The van der Waals surface area contributed by atoms with Crippen LogP contribution in [0, 0.1) is 5.92 Å². The molecule has 0 saturated heterocycles. The van der Waals surface area contributed by atoms with Gasteiger partial charge in [-0.2, -0.15) is 0 Å². The monoisotopic (exact) mass is 334 g/mol. The maximum Gasteiger partial charge on any atom is 0.271 e. The Hall–Kier alpha value is -1.29. The van der Waals surface area contributed by atoms with E-state index in [0.29, 0.717) is 12.0 Å². The van der Waals surface area contributed by atoms with E-state index in [1.807, 2.05) is 47.8 Å². The van der Waals surface area contributed by atoms with Crippen LogP contribution in [-0.2, 0) is 7.05 Å². The van der Waals surface area contributed by atoms with E-state index in [4.69, 9.17) is 0 Å². The lowest BCUT2D eigenvalue weighted by molar-refractivity contribution is 0.0717. The van der Waals surface area contributed by atoms with E-state index in [1.165, 1.54) is 12.8 Å². The summed E-state index contributed by atoms with van der Waals surface area (Å²) in [6.07, 6.45) is 2.49. The Morgan fingerprint density at radius 2 is 2.05 bits per heavy atom. The Morgan fingerprint density at radius 1 is 1.40 bits per heavy atom. The third kappa shape index (κ3) is 2.06. The molecule has 0 bridgehead atoms. The van der Waals surface area contributed by atoms with Crippen molar-refractivity contribution in [1.29, 1.82) is 0 Å². The Kier molecular flexibility index (Phi) is 3.36. The Bertz CT molecular complexity index is 633. The summed E-state index contributed by atoms with van der Waals surface area (Å²) in [6, 6.07) is 8.39. The number of rotatable bonds is 3. The molecule has 1 atom stereocenters. The molecule has 1 unspecified atom stereocenters. The summed E-state index contributed by atoms with van der Waals surface area (Å²) in [4.78, 5) is 14.7. The maximum absolute atomic E-state index is 12.8. The second-order valence-corrected chi connectivity index (χ2v) is 6.53. The van der Waals surface area contributed by atoms with Crippen LogP contribution in [0.15, 0.2) is 28.7 Å². The second kappa shape index (κ2) is 4.92. The third-order valence-corrected chi connectivity index (χ3v) is 5.29. The van der Waals surface area contributed by atoms with Crippen LogP contribution >= 0.6 is 15.9 Å². The summed E-state index contributed by atoms with van der Waals surface area (Å²) in [5.74, 6) is 0.771. The zero-order valence-electron chi connectivity index (χ0n) is 12.1. The minimum atomic E-state index is 0.0926. The fourth-order valence-electron chi connectivity index (χ4n) is 2.83. The van der Waals surface area contributed by atoms with Crippen LogP contribution in [0.4, 0.5) is 0 Å². The molecule has 1 heterocycles. The van der Waals surface area contributed by atoms with Crippen molar-refractivity contribution in [2.45, 2.75) is 25.8 Å². The molecule has 0 N–H and O–H groups in total. The lowest BCUT2D eigenvalue weighted by Gasteiger charge is -2.25. The molecule has 20 heavy (non-hydrogen) atoms. The summed E-state index contributed by atoms with van der Waals surface area (Å²) in [6.45, 7) is 2.14. The molecule has 3 rings (SSSR count). The van der Waals surface area contributed by atoms with Gasteiger partial charge in [-0.25, -0.2) is 0 Å². The van der Waals surface area contributed by atoms with Gasteiger partial charge in [0, 0.05) is 31.0 Å². The number of fused-ring (bicyclic) bond motifs is 1. The Balaban J connectivity index is 2.03. The molecule has 1 saturated carbocycles. The molecular formula is C16H19BrN2O. The van der Waals surface area contributed by atoms with Crippen molar-refractivity contribution in [3.63, 3.8) is 0 Å². The highest BCUT2D eigenvalue weighted by Gasteiger charge is 2.34. The van der Waals surface area contributed by atoms with E-state index in [-0.39, 0.29) is 5.91 Å². The van der Waals surface area contributed by atoms with Gasteiger partial charge in [0.25, 0.3) is 5.91 Å². The van der Waals surface area contributed by atoms with Gasteiger partial charge < -0.3 is 9.47 Å². The van der Waals surface area contributed by atoms with E-state index >= 15 is 0 Å². The standard InChI is InChI=1S/C16H19BrN2O/c1-10(11-8-9-11)18(2)16(20)15-14(17)12-6-4-5-7-13(12)19(15)3/h4-7,10-11H,8-9H2,1-3H3. The lowest BCUT2D eigenvalue weighted by atomic mass is 10.2. The van der Waals surface area contributed by atoms with Crippen molar-refractivity contribution >= 4 is 32.7 Å². The van der Waals surface area contributed by atoms with Gasteiger partial charge in [-0.1, -0.05) is 18.2 Å². The number of hydrogen-bond acceptors (Lipinski definition) is 1. The normalized spacial score (nSPS) is 16.4. The molecule has 0 aliphatic heterocycles. The number of amides is 1. The number of carbonyl (C=O) groups is 1. The molecule has 2 aromatic rings. The van der Waals surface area contributed by atoms with E-state index in [9.17, 15) is 4.79 Å². The van der Waals surface area contributed by atoms with Crippen molar-refractivity contribution in [3.8, 4) is 0 Å². The maximum atomic E-state index is 12.8. The smallest absolute Gasteiger partial charge is 0.271 e. The molecule has 4 heteroatoms. The summed E-state index contributed by atoms with van der Waals surface area (Å²) in [5, 5.41) is 1.09. The fourth-order valence-corrected chi connectivity index (χ4v) is 3.60. The van der Waals surface area contributed by atoms with E-state index < -0.39 is 0 Å². The first-order chi connectivity index (χ1) is 9.52. The summed E-state index contributed by atoms with van der Waals surface area (Å²) >= 11 is 3.61. The molecule has 1 fully saturated rings. The van der Waals surface area contributed by atoms with Crippen molar-refractivity contribution < 1.29 is 4.79 Å². The Morgan fingerprint density at radius 3 is 2.65 bits per heavy atom. The van der Waals surface area contributed by atoms with Crippen LogP contribution in [-0.4, -0.2) is 28.5 Å². The predicted octanol–water partition coefficient (Wildman–Crippen LogP) is 3.81. The number of nitrogens with zero attached hydrogens (tertiary/aromatic N) is 2. The van der Waals surface area contributed by atoms with Crippen molar-refractivity contribution in [2.24, 2.45) is 13.0 Å². The first-order valence-electron chi connectivity index (χ1n) is 7.02. The number of halogens is 1. The highest BCUT2D eigenvalue weighted by Crippen LogP contribution is 2.36. The van der Waals surface area contributed by atoms with E-state index in [2.05, 4.69) is 22.9 Å². The summed E-state index contributed by atoms with van der Waals surface area (Å²) in [5.41, 5.74) is 1.82. The summed E-state index contributed by atoms with van der Waals surface area (Å²) in [7, 11) is 3.87. The number of benzene rings is 1. The molecule has 0 spiro atoms. The minimum Gasteiger partial charge on any atom is -0.339 e. The minimum absolute atomic E-state index is 0.0926. The van der Waals surface area contributed by atoms with Gasteiger partial charge in [0.15, 0.2) is 0 Å². The number of aryl methyl sites for hydroxylation is 1. The van der Waals surface area contributed by atoms with Gasteiger partial charge in [-0.05, 0) is 47.7 Å². The largest absolute Gasteiger partial charge is 0.339 e. The van der Waals surface area contributed by atoms with Crippen LogP contribution in [0.1, 0.15) is 30.3 Å². The molecular weight excluding hydrogens is 316 g/mol. The van der Waals surface area contributed by atoms with Gasteiger partial charge in [0.1, 0.15) is 5.69 Å². The molecule has 1 amide bonds. The molecule has 1 aromatic carbocycles. The van der Waals surface area contributed by atoms with Gasteiger partial charge in [-0.3, -0.25) is 4.79 Å². The van der Waals surface area contributed by atoms with Crippen molar-refractivity contribution in [2.75, 3.05) is 7.05 Å². The zero-order valence-corrected chi connectivity index (χ0v) is 13.6. The highest BCUT2D eigenvalue weighted by atomic mass is 79.9. The van der Waals surface area contributed by atoms with E-state index in [0.717, 1.165) is 21.1 Å². The fraction of sp³-hybridized carbons (Fsp3) is 0.438. The van der Waals surface area contributed by atoms with E-state index in [1.54, 1.807) is 0 Å².